The fourth-order valence-electron chi connectivity index (χ4n) is 1.80. The molecule has 1 saturated heterocycles. The van der Waals surface area contributed by atoms with Gasteiger partial charge in [-0.3, -0.25) is 4.79 Å². The molecule has 0 aromatic heterocycles. The quantitative estimate of drug-likeness (QED) is 0.821. The van der Waals surface area contributed by atoms with Crippen LogP contribution in [0.15, 0.2) is 18.2 Å². The third-order valence-corrected chi connectivity index (χ3v) is 2.83. The Kier molecular flexibility index (Phi) is 3.02. The number of ether oxygens (including phenoxy) is 1. The normalized spacial score (nSPS) is 23.6. The van der Waals surface area contributed by atoms with Gasteiger partial charge in [0, 0.05) is 12.7 Å². The van der Waals surface area contributed by atoms with E-state index in [2.05, 4.69) is 5.32 Å². The van der Waals surface area contributed by atoms with Gasteiger partial charge in [0.05, 0.1) is 17.7 Å². The molecule has 1 aromatic carbocycles. The van der Waals surface area contributed by atoms with Crippen molar-refractivity contribution in [1.82, 2.24) is 5.32 Å². The van der Waals surface area contributed by atoms with Crippen LogP contribution in [0.1, 0.15) is 23.7 Å². The predicted octanol–water partition coefficient (Wildman–Crippen LogP) is 1.44. The molecule has 1 unspecified atom stereocenters. The highest BCUT2D eigenvalue weighted by molar-refractivity contribution is 5.95. The number of amides is 1. The lowest BCUT2D eigenvalue weighted by Crippen LogP contribution is -2.46. The average Bonchev–Trinajstić information content (AvgIpc) is 2.64. The lowest BCUT2D eigenvalue weighted by molar-refractivity contribution is 0.0885. The highest BCUT2D eigenvalue weighted by Crippen LogP contribution is 2.20. The van der Waals surface area contributed by atoms with Crippen molar-refractivity contribution in [3.05, 3.63) is 29.6 Å². The Morgan fingerprint density at radius 1 is 1.59 bits per heavy atom. The summed E-state index contributed by atoms with van der Waals surface area (Å²) in [6.45, 7) is 2.88. The van der Waals surface area contributed by atoms with Crippen LogP contribution < -0.4 is 5.32 Å². The van der Waals surface area contributed by atoms with Crippen molar-refractivity contribution >= 4 is 5.91 Å². The monoisotopic (exact) mass is 239 g/mol. The lowest BCUT2D eigenvalue weighted by Gasteiger charge is -2.23. The highest BCUT2D eigenvalue weighted by atomic mass is 19.1. The van der Waals surface area contributed by atoms with E-state index in [0.29, 0.717) is 19.6 Å². The Morgan fingerprint density at radius 2 is 2.35 bits per heavy atom. The van der Waals surface area contributed by atoms with Crippen molar-refractivity contribution in [1.29, 1.82) is 0 Å². The van der Waals surface area contributed by atoms with Gasteiger partial charge in [0.2, 0.25) is 0 Å². The Morgan fingerprint density at radius 3 is 2.94 bits per heavy atom. The predicted molar refractivity (Wildman–Crippen MR) is 59.4 cm³/mol. The Bertz CT molecular complexity index is 441. The van der Waals surface area contributed by atoms with Crippen LogP contribution in [0.5, 0.6) is 5.75 Å². The van der Waals surface area contributed by atoms with Gasteiger partial charge in [0.1, 0.15) is 11.6 Å². The second kappa shape index (κ2) is 4.33. The van der Waals surface area contributed by atoms with Crippen molar-refractivity contribution in [2.24, 2.45) is 0 Å². The van der Waals surface area contributed by atoms with E-state index in [1.807, 2.05) is 6.92 Å². The minimum absolute atomic E-state index is 0.0732. The molecule has 0 bridgehead atoms. The van der Waals surface area contributed by atoms with Gasteiger partial charge in [0.25, 0.3) is 5.91 Å². The van der Waals surface area contributed by atoms with Crippen LogP contribution in [0, 0.1) is 5.82 Å². The number of benzene rings is 1. The van der Waals surface area contributed by atoms with Gasteiger partial charge in [-0.15, -0.1) is 0 Å². The SMILES string of the molecule is CC1(NC(=O)c2ccc(O)cc2F)CCOC1. The molecule has 1 heterocycles. The number of aromatic hydroxyl groups is 1. The molecule has 1 fully saturated rings. The van der Waals surface area contributed by atoms with E-state index in [9.17, 15) is 9.18 Å². The Labute approximate surface area is 98.4 Å². The summed E-state index contributed by atoms with van der Waals surface area (Å²) in [4.78, 5) is 11.8. The summed E-state index contributed by atoms with van der Waals surface area (Å²) in [7, 11) is 0. The number of phenols is 1. The van der Waals surface area contributed by atoms with Gasteiger partial charge in [-0.1, -0.05) is 0 Å². The first-order valence-electron chi connectivity index (χ1n) is 5.39. The summed E-state index contributed by atoms with van der Waals surface area (Å²) in [6.07, 6.45) is 0.707. The molecule has 4 nitrogen and oxygen atoms in total. The molecule has 0 spiro atoms. The molecular weight excluding hydrogens is 225 g/mol. The zero-order valence-electron chi connectivity index (χ0n) is 9.50. The van der Waals surface area contributed by atoms with Crippen molar-refractivity contribution in [3.63, 3.8) is 0 Å². The number of nitrogens with one attached hydrogen (secondary N) is 1. The van der Waals surface area contributed by atoms with Crippen LogP contribution in [-0.4, -0.2) is 29.8 Å². The molecule has 1 atom stereocenters. The third kappa shape index (κ3) is 2.55. The zero-order chi connectivity index (χ0) is 12.5. The summed E-state index contributed by atoms with van der Waals surface area (Å²) in [5.74, 6) is -1.42. The van der Waals surface area contributed by atoms with E-state index in [-0.39, 0.29) is 11.3 Å². The maximum atomic E-state index is 13.4. The van der Waals surface area contributed by atoms with Gasteiger partial charge >= 0.3 is 0 Å². The van der Waals surface area contributed by atoms with Crippen molar-refractivity contribution < 1.29 is 19.0 Å². The van der Waals surface area contributed by atoms with Crippen molar-refractivity contribution in [2.45, 2.75) is 18.9 Å². The van der Waals surface area contributed by atoms with E-state index in [4.69, 9.17) is 9.84 Å². The molecule has 1 aliphatic heterocycles. The number of hydrogen-bond donors (Lipinski definition) is 2. The third-order valence-electron chi connectivity index (χ3n) is 2.83. The minimum atomic E-state index is -0.731. The molecule has 1 amide bonds. The number of carbonyl (C=O) groups is 1. The molecule has 5 heteroatoms. The fourth-order valence-corrected chi connectivity index (χ4v) is 1.80. The van der Waals surface area contributed by atoms with Crippen LogP contribution in [0.4, 0.5) is 4.39 Å². The van der Waals surface area contributed by atoms with Gasteiger partial charge in [-0.05, 0) is 25.5 Å². The van der Waals surface area contributed by atoms with Crippen LogP contribution >= 0.6 is 0 Å². The fraction of sp³-hybridized carbons (Fsp3) is 0.417. The molecule has 1 aliphatic rings. The topological polar surface area (TPSA) is 58.6 Å². The molecule has 0 saturated carbocycles. The standard InChI is InChI=1S/C12H14FNO3/c1-12(4-5-17-7-12)14-11(16)9-3-2-8(15)6-10(9)13/h2-3,6,15H,4-5,7H2,1H3,(H,14,16). The van der Waals surface area contributed by atoms with Gasteiger partial charge in [-0.2, -0.15) is 0 Å². The number of phenolic OH excluding ortho intramolecular Hbond substituents is 1. The molecule has 2 N–H and O–H groups in total. The van der Waals surface area contributed by atoms with E-state index in [1.54, 1.807) is 0 Å². The molecule has 1 aromatic rings. The summed E-state index contributed by atoms with van der Waals surface area (Å²) in [5.41, 5.74) is -0.516. The second-order valence-electron chi connectivity index (χ2n) is 4.48. The summed E-state index contributed by atoms with van der Waals surface area (Å²) < 4.78 is 18.6. The van der Waals surface area contributed by atoms with E-state index in [1.165, 1.54) is 12.1 Å². The first kappa shape index (κ1) is 11.9. The van der Waals surface area contributed by atoms with E-state index >= 15 is 0 Å². The molecule has 2 rings (SSSR count). The lowest BCUT2D eigenvalue weighted by atomic mass is 10.0. The summed E-state index contributed by atoms with van der Waals surface area (Å²) in [6, 6.07) is 3.47. The largest absolute Gasteiger partial charge is 0.508 e. The number of carbonyl (C=O) groups excluding carboxylic acids is 1. The Hall–Kier alpha value is -1.62. The van der Waals surface area contributed by atoms with E-state index in [0.717, 1.165) is 6.07 Å². The second-order valence-corrected chi connectivity index (χ2v) is 4.48. The van der Waals surface area contributed by atoms with Gasteiger partial charge in [-0.25, -0.2) is 4.39 Å². The van der Waals surface area contributed by atoms with E-state index < -0.39 is 17.3 Å². The van der Waals surface area contributed by atoms with Crippen LogP contribution in [-0.2, 0) is 4.74 Å². The first-order chi connectivity index (χ1) is 8.00. The van der Waals surface area contributed by atoms with Gasteiger partial charge in [0.15, 0.2) is 0 Å². The maximum Gasteiger partial charge on any atom is 0.254 e. The highest BCUT2D eigenvalue weighted by Gasteiger charge is 2.32. The number of hydrogen-bond acceptors (Lipinski definition) is 3. The first-order valence-corrected chi connectivity index (χ1v) is 5.39. The minimum Gasteiger partial charge on any atom is -0.508 e. The van der Waals surface area contributed by atoms with Crippen LogP contribution in [0.25, 0.3) is 0 Å². The van der Waals surface area contributed by atoms with Gasteiger partial charge < -0.3 is 15.2 Å². The van der Waals surface area contributed by atoms with Crippen molar-refractivity contribution in [2.75, 3.05) is 13.2 Å². The summed E-state index contributed by atoms with van der Waals surface area (Å²) >= 11 is 0. The Balaban J connectivity index is 2.14. The molecular formula is C12H14FNO3. The maximum absolute atomic E-state index is 13.4. The zero-order valence-corrected chi connectivity index (χ0v) is 9.50. The molecule has 0 radical (unpaired) electrons. The molecule has 17 heavy (non-hydrogen) atoms. The number of rotatable bonds is 2. The van der Waals surface area contributed by atoms with Crippen LogP contribution in [0.2, 0.25) is 0 Å². The molecule has 92 valence electrons. The van der Waals surface area contributed by atoms with Crippen molar-refractivity contribution in [3.8, 4) is 5.75 Å². The summed E-state index contributed by atoms with van der Waals surface area (Å²) in [5, 5.41) is 11.8. The van der Waals surface area contributed by atoms with Crippen LogP contribution in [0.3, 0.4) is 0 Å². The average molecular weight is 239 g/mol. The number of halogens is 1. The molecule has 0 aliphatic carbocycles. The smallest absolute Gasteiger partial charge is 0.254 e.